The van der Waals surface area contributed by atoms with Crippen molar-refractivity contribution in [1.82, 2.24) is 0 Å². The summed E-state index contributed by atoms with van der Waals surface area (Å²) in [5, 5.41) is 1.99. The van der Waals surface area contributed by atoms with Crippen LogP contribution in [0.2, 0.25) is 0 Å². The van der Waals surface area contributed by atoms with Crippen LogP contribution in [-0.4, -0.2) is 11.6 Å². The molecule has 0 N–H and O–H groups in total. The quantitative estimate of drug-likeness (QED) is 0.686. The summed E-state index contributed by atoms with van der Waals surface area (Å²) in [6.07, 6.45) is 2.68. The molecule has 0 unspecified atom stereocenters. The predicted molar refractivity (Wildman–Crippen MR) is 66.5 cm³/mol. The number of carbonyl (C=O) groups is 2. The Balaban J connectivity index is 2.38. The summed E-state index contributed by atoms with van der Waals surface area (Å²) in [4.78, 5) is 23.4. The van der Waals surface area contributed by atoms with Crippen LogP contribution in [0.25, 0.3) is 10.8 Å². The molecule has 3 rings (SSSR count). The van der Waals surface area contributed by atoms with E-state index in [0.717, 1.165) is 16.3 Å². The van der Waals surface area contributed by atoms with E-state index in [0.29, 0.717) is 11.1 Å². The zero-order chi connectivity index (χ0) is 12.0. The first kappa shape index (κ1) is 9.97. The van der Waals surface area contributed by atoms with Gasteiger partial charge in [0, 0.05) is 11.1 Å². The van der Waals surface area contributed by atoms with E-state index in [1.807, 2.05) is 25.1 Å². The Morgan fingerprint density at radius 1 is 0.765 bits per heavy atom. The number of fused-ring (bicyclic) bond motifs is 2. The molecule has 1 aliphatic rings. The smallest absolute Gasteiger partial charge is 0.186 e. The molecule has 0 atom stereocenters. The van der Waals surface area contributed by atoms with Crippen molar-refractivity contribution in [3.63, 3.8) is 0 Å². The highest BCUT2D eigenvalue weighted by Crippen LogP contribution is 2.24. The number of rotatable bonds is 0. The molecule has 0 amide bonds. The van der Waals surface area contributed by atoms with E-state index in [4.69, 9.17) is 0 Å². The van der Waals surface area contributed by atoms with Crippen molar-refractivity contribution in [3.05, 3.63) is 59.2 Å². The van der Waals surface area contributed by atoms with Gasteiger partial charge in [0.25, 0.3) is 0 Å². The molecule has 0 saturated heterocycles. The minimum absolute atomic E-state index is 0.0944. The third kappa shape index (κ3) is 1.49. The molecule has 82 valence electrons. The second-order valence-corrected chi connectivity index (χ2v) is 4.31. The van der Waals surface area contributed by atoms with E-state index in [9.17, 15) is 9.59 Å². The number of benzene rings is 2. The molecule has 0 aromatic heterocycles. The van der Waals surface area contributed by atoms with Gasteiger partial charge in [-0.25, -0.2) is 0 Å². The predicted octanol–water partition coefficient (Wildman–Crippen LogP) is 3.08. The van der Waals surface area contributed by atoms with Crippen LogP contribution in [0.3, 0.4) is 0 Å². The summed E-state index contributed by atoms with van der Waals surface area (Å²) in [5.74, 6) is -0.190. The molecule has 0 spiro atoms. The van der Waals surface area contributed by atoms with Crippen molar-refractivity contribution in [3.8, 4) is 0 Å². The van der Waals surface area contributed by atoms with Gasteiger partial charge in [0.05, 0.1) is 0 Å². The van der Waals surface area contributed by atoms with Gasteiger partial charge < -0.3 is 0 Å². The SMILES string of the molecule is Cc1ccc2cc3c(cc2c1)C(=O)C=CC3=O. The Bertz CT molecular complexity index is 693. The Kier molecular flexibility index (Phi) is 1.99. The number of carbonyl (C=O) groups excluding carboxylic acids is 2. The first-order chi connectivity index (χ1) is 8.15. The Hall–Kier alpha value is -2.22. The number of hydrogen-bond donors (Lipinski definition) is 0. The second kappa shape index (κ2) is 3.39. The first-order valence-corrected chi connectivity index (χ1v) is 5.46. The summed E-state index contributed by atoms with van der Waals surface area (Å²) < 4.78 is 0. The lowest BCUT2D eigenvalue weighted by Gasteiger charge is -2.10. The summed E-state index contributed by atoms with van der Waals surface area (Å²) >= 11 is 0. The van der Waals surface area contributed by atoms with E-state index in [1.165, 1.54) is 12.2 Å². The molecule has 0 saturated carbocycles. The zero-order valence-corrected chi connectivity index (χ0v) is 9.36. The number of aryl methyl sites for hydroxylation is 1. The van der Waals surface area contributed by atoms with Gasteiger partial charge >= 0.3 is 0 Å². The van der Waals surface area contributed by atoms with Gasteiger partial charge in [0.1, 0.15) is 0 Å². The molecule has 0 radical (unpaired) electrons. The molecule has 2 aromatic carbocycles. The highest BCUT2D eigenvalue weighted by atomic mass is 16.1. The molecule has 0 heterocycles. The fourth-order valence-electron chi connectivity index (χ4n) is 2.16. The molecule has 2 heteroatoms. The van der Waals surface area contributed by atoms with Crippen molar-refractivity contribution in [2.75, 3.05) is 0 Å². The van der Waals surface area contributed by atoms with Crippen molar-refractivity contribution in [2.45, 2.75) is 6.92 Å². The molecule has 2 aromatic rings. The molecule has 1 aliphatic carbocycles. The molecular formula is C15H10O2. The summed E-state index contributed by atoms with van der Waals surface area (Å²) in [5.41, 5.74) is 2.16. The topological polar surface area (TPSA) is 34.1 Å². The molecular weight excluding hydrogens is 212 g/mol. The van der Waals surface area contributed by atoms with Gasteiger partial charge in [0.2, 0.25) is 0 Å². The molecule has 0 fully saturated rings. The van der Waals surface area contributed by atoms with Crippen molar-refractivity contribution in [2.24, 2.45) is 0 Å². The average molecular weight is 222 g/mol. The van der Waals surface area contributed by atoms with Crippen LogP contribution < -0.4 is 0 Å². The van der Waals surface area contributed by atoms with E-state index in [2.05, 4.69) is 0 Å². The first-order valence-electron chi connectivity index (χ1n) is 5.46. The lowest BCUT2D eigenvalue weighted by Crippen LogP contribution is -2.11. The number of ketones is 2. The Morgan fingerprint density at radius 2 is 1.35 bits per heavy atom. The average Bonchev–Trinajstić information content (AvgIpc) is 2.32. The standard InChI is InChI=1S/C15H10O2/c1-9-2-3-10-7-12-13(8-11(10)6-9)15(17)5-4-14(12)16/h2-8H,1H3. The van der Waals surface area contributed by atoms with Crippen LogP contribution in [0.5, 0.6) is 0 Å². The highest BCUT2D eigenvalue weighted by Gasteiger charge is 2.19. The van der Waals surface area contributed by atoms with Gasteiger partial charge in [0.15, 0.2) is 11.6 Å². The van der Waals surface area contributed by atoms with Gasteiger partial charge in [-0.3, -0.25) is 9.59 Å². The lowest BCUT2D eigenvalue weighted by molar-refractivity contribution is 0.0994. The second-order valence-electron chi connectivity index (χ2n) is 4.31. The van der Waals surface area contributed by atoms with Crippen molar-refractivity contribution in [1.29, 1.82) is 0 Å². The van der Waals surface area contributed by atoms with Gasteiger partial charge in [-0.2, -0.15) is 0 Å². The van der Waals surface area contributed by atoms with Gasteiger partial charge in [-0.05, 0) is 42.0 Å². The third-order valence-corrected chi connectivity index (χ3v) is 3.05. The molecule has 0 aliphatic heterocycles. The van der Waals surface area contributed by atoms with E-state index in [-0.39, 0.29) is 11.6 Å². The Morgan fingerprint density at radius 3 is 2.00 bits per heavy atom. The third-order valence-electron chi connectivity index (χ3n) is 3.05. The highest BCUT2D eigenvalue weighted by molar-refractivity contribution is 6.23. The minimum Gasteiger partial charge on any atom is -0.289 e. The van der Waals surface area contributed by atoms with Crippen LogP contribution >= 0.6 is 0 Å². The fourth-order valence-corrected chi connectivity index (χ4v) is 2.16. The molecule has 2 nitrogen and oxygen atoms in total. The number of hydrogen-bond acceptors (Lipinski definition) is 2. The normalized spacial score (nSPS) is 14.2. The molecule has 17 heavy (non-hydrogen) atoms. The van der Waals surface area contributed by atoms with E-state index >= 15 is 0 Å². The maximum absolute atomic E-state index is 11.7. The maximum Gasteiger partial charge on any atom is 0.186 e. The van der Waals surface area contributed by atoms with Gasteiger partial charge in [-0.15, -0.1) is 0 Å². The minimum atomic E-state index is -0.0953. The van der Waals surface area contributed by atoms with Crippen LogP contribution in [0.15, 0.2) is 42.5 Å². The Labute approximate surface area is 98.6 Å². The van der Waals surface area contributed by atoms with Crippen LogP contribution in [0, 0.1) is 6.92 Å². The van der Waals surface area contributed by atoms with E-state index in [1.54, 1.807) is 12.1 Å². The maximum atomic E-state index is 11.7. The van der Waals surface area contributed by atoms with Crippen LogP contribution in [0.1, 0.15) is 26.3 Å². The monoisotopic (exact) mass is 222 g/mol. The summed E-state index contributed by atoms with van der Waals surface area (Å²) in [6, 6.07) is 9.60. The molecule has 0 bridgehead atoms. The zero-order valence-electron chi connectivity index (χ0n) is 9.36. The van der Waals surface area contributed by atoms with Crippen molar-refractivity contribution >= 4 is 22.3 Å². The largest absolute Gasteiger partial charge is 0.289 e. The van der Waals surface area contributed by atoms with Crippen LogP contribution in [0.4, 0.5) is 0 Å². The lowest BCUT2D eigenvalue weighted by atomic mass is 9.91. The van der Waals surface area contributed by atoms with E-state index < -0.39 is 0 Å². The summed E-state index contributed by atoms with van der Waals surface area (Å²) in [7, 11) is 0. The van der Waals surface area contributed by atoms with Gasteiger partial charge in [-0.1, -0.05) is 23.8 Å². The van der Waals surface area contributed by atoms with Crippen LogP contribution in [-0.2, 0) is 0 Å². The van der Waals surface area contributed by atoms with Crippen molar-refractivity contribution < 1.29 is 9.59 Å². The number of allylic oxidation sites excluding steroid dienone is 2. The summed E-state index contributed by atoms with van der Waals surface area (Å²) in [6.45, 7) is 2.01. The fraction of sp³-hybridized carbons (Fsp3) is 0.0667.